The first-order valence-electron chi connectivity index (χ1n) is 3.55. The Labute approximate surface area is 95.9 Å². The topological polar surface area (TPSA) is 29.1 Å². The van der Waals surface area contributed by atoms with Crippen molar-refractivity contribution < 1.29 is 13.6 Å². The molecule has 0 bridgehead atoms. The Morgan fingerprint density at radius 2 is 2.00 bits per heavy atom. The lowest BCUT2D eigenvalue weighted by atomic mass is 10.3. The minimum atomic E-state index is -0.687. The highest BCUT2D eigenvalue weighted by Crippen LogP contribution is 2.23. The molecule has 14 heavy (non-hydrogen) atoms. The van der Waals surface area contributed by atoms with E-state index in [1.807, 2.05) is 0 Å². The summed E-state index contributed by atoms with van der Waals surface area (Å²) in [6, 6.07) is 1.87. The molecule has 0 spiro atoms. The summed E-state index contributed by atoms with van der Waals surface area (Å²) in [5.74, 6) is -1.76. The van der Waals surface area contributed by atoms with Gasteiger partial charge in [0.25, 0.3) is 0 Å². The number of rotatable bonds is 2. The van der Waals surface area contributed by atoms with E-state index in [2.05, 4.69) is 37.2 Å². The van der Waals surface area contributed by atoms with Crippen LogP contribution >= 0.6 is 31.9 Å². The van der Waals surface area contributed by atoms with Crippen molar-refractivity contribution >= 4 is 43.5 Å². The van der Waals surface area contributed by atoms with Gasteiger partial charge in [-0.2, -0.15) is 0 Å². The summed E-state index contributed by atoms with van der Waals surface area (Å²) < 4.78 is 26.1. The molecule has 76 valence electrons. The highest BCUT2D eigenvalue weighted by atomic mass is 79.9. The molecular formula is C8H5Br2F2NO. The third-order valence-electron chi connectivity index (χ3n) is 1.41. The van der Waals surface area contributed by atoms with Gasteiger partial charge in [-0.05, 0) is 22.0 Å². The average Bonchev–Trinajstić information content (AvgIpc) is 2.14. The fraction of sp³-hybridized carbons (Fsp3) is 0.125. The molecule has 0 aliphatic rings. The summed E-state index contributed by atoms with van der Waals surface area (Å²) in [5.41, 5.74) is -0.171. The van der Waals surface area contributed by atoms with Crippen molar-refractivity contribution in [3.8, 4) is 0 Å². The normalized spacial score (nSPS) is 10.0. The van der Waals surface area contributed by atoms with Crippen molar-refractivity contribution in [2.75, 3.05) is 10.6 Å². The van der Waals surface area contributed by atoms with Crippen molar-refractivity contribution in [2.45, 2.75) is 0 Å². The summed E-state index contributed by atoms with van der Waals surface area (Å²) >= 11 is 5.72. The van der Waals surface area contributed by atoms with Crippen LogP contribution in [0, 0.1) is 11.6 Å². The molecule has 1 amide bonds. The second-order valence-corrected chi connectivity index (χ2v) is 3.84. The van der Waals surface area contributed by atoms with E-state index >= 15 is 0 Å². The predicted molar refractivity (Wildman–Crippen MR) is 56.5 cm³/mol. The van der Waals surface area contributed by atoms with E-state index in [4.69, 9.17) is 0 Å². The molecule has 0 unspecified atom stereocenters. The Kier molecular flexibility index (Phi) is 4.00. The number of anilines is 1. The van der Waals surface area contributed by atoms with Crippen LogP contribution in [0.3, 0.4) is 0 Å². The number of alkyl halides is 1. The maximum absolute atomic E-state index is 13.1. The lowest BCUT2D eigenvalue weighted by molar-refractivity contribution is -0.113. The van der Waals surface area contributed by atoms with E-state index in [1.165, 1.54) is 0 Å². The van der Waals surface area contributed by atoms with Crippen LogP contribution in [-0.4, -0.2) is 11.2 Å². The minimum absolute atomic E-state index is 0.0202. The Bertz CT molecular complexity index is 371. The van der Waals surface area contributed by atoms with E-state index < -0.39 is 17.5 Å². The monoisotopic (exact) mass is 327 g/mol. The van der Waals surface area contributed by atoms with Crippen LogP contribution in [0.1, 0.15) is 0 Å². The van der Waals surface area contributed by atoms with Crippen LogP contribution in [-0.2, 0) is 4.79 Å². The summed E-state index contributed by atoms with van der Waals surface area (Å²) in [6.45, 7) is 0. The molecule has 2 nitrogen and oxygen atoms in total. The number of carbonyl (C=O) groups is 1. The first-order valence-corrected chi connectivity index (χ1v) is 5.46. The minimum Gasteiger partial charge on any atom is -0.323 e. The Hall–Kier alpha value is -0.490. The van der Waals surface area contributed by atoms with Crippen LogP contribution in [0.25, 0.3) is 0 Å². The molecule has 1 aromatic carbocycles. The molecule has 1 rings (SSSR count). The fourth-order valence-corrected chi connectivity index (χ4v) is 1.26. The van der Waals surface area contributed by atoms with E-state index in [0.717, 1.165) is 12.1 Å². The Morgan fingerprint density at radius 3 is 2.57 bits per heavy atom. The van der Waals surface area contributed by atoms with Crippen molar-refractivity contribution in [1.82, 2.24) is 0 Å². The number of benzene rings is 1. The first-order chi connectivity index (χ1) is 6.54. The van der Waals surface area contributed by atoms with Gasteiger partial charge < -0.3 is 5.32 Å². The lowest BCUT2D eigenvalue weighted by Gasteiger charge is -2.05. The molecule has 0 saturated heterocycles. The summed E-state index contributed by atoms with van der Waals surface area (Å²) in [5, 5.41) is 2.24. The SMILES string of the molecule is O=C(CBr)Nc1cc(F)c(Br)cc1F. The highest BCUT2D eigenvalue weighted by molar-refractivity contribution is 9.10. The lowest BCUT2D eigenvalue weighted by Crippen LogP contribution is -2.13. The molecule has 0 fully saturated rings. The van der Waals surface area contributed by atoms with Gasteiger partial charge in [-0.3, -0.25) is 4.79 Å². The van der Waals surface area contributed by atoms with Crippen molar-refractivity contribution in [2.24, 2.45) is 0 Å². The zero-order valence-corrected chi connectivity index (χ0v) is 9.95. The third kappa shape index (κ3) is 2.75. The number of nitrogens with one attached hydrogen (secondary N) is 1. The molecule has 0 aromatic heterocycles. The van der Waals surface area contributed by atoms with Crippen LogP contribution < -0.4 is 5.32 Å². The van der Waals surface area contributed by atoms with Crippen molar-refractivity contribution in [3.05, 3.63) is 28.2 Å². The number of hydrogen-bond acceptors (Lipinski definition) is 1. The third-order valence-corrected chi connectivity index (χ3v) is 2.52. The van der Waals surface area contributed by atoms with Crippen LogP contribution in [0.4, 0.5) is 14.5 Å². The Balaban J connectivity index is 2.98. The quantitative estimate of drug-likeness (QED) is 0.656. The van der Waals surface area contributed by atoms with E-state index in [1.54, 1.807) is 0 Å². The molecule has 0 heterocycles. The molecule has 0 atom stereocenters. The van der Waals surface area contributed by atoms with E-state index in [0.29, 0.717) is 0 Å². The second-order valence-electron chi connectivity index (χ2n) is 2.43. The second kappa shape index (κ2) is 4.84. The molecule has 0 aliphatic carbocycles. The number of halogens is 4. The molecule has 6 heteroatoms. The van der Waals surface area contributed by atoms with Gasteiger partial charge in [0.1, 0.15) is 11.6 Å². The molecule has 0 saturated carbocycles. The van der Waals surface area contributed by atoms with Crippen LogP contribution in [0.2, 0.25) is 0 Å². The summed E-state index contributed by atoms with van der Waals surface area (Å²) in [4.78, 5) is 10.9. The predicted octanol–water partition coefficient (Wildman–Crippen LogP) is 3.06. The van der Waals surface area contributed by atoms with E-state index in [9.17, 15) is 13.6 Å². The first kappa shape index (κ1) is 11.6. The van der Waals surface area contributed by atoms with E-state index in [-0.39, 0.29) is 15.5 Å². The maximum atomic E-state index is 13.1. The fourth-order valence-electron chi connectivity index (χ4n) is 0.802. The molecule has 1 aromatic rings. The number of hydrogen-bond donors (Lipinski definition) is 1. The summed E-state index contributed by atoms with van der Waals surface area (Å²) in [6.07, 6.45) is 0. The van der Waals surface area contributed by atoms with Gasteiger partial charge in [0.15, 0.2) is 0 Å². The molecule has 0 radical (unpaired) electrons. The molecular weight excluding hydrogens is 324 g/mol. The largest absolute Gasteiger partial charge is 0.323 e. The van der Waals surface area contributed by atoms with Crippen molar-refractivity contribution in [1.29, 1.82) is 0 Å². The van der Waals surface area contributed by atoms with Crippen LogP contribution in [0.5, 0.6) is 0 Å². The zero-order chi connectivity index (χ0) is 10.7. The van der Waals surface area contributed by atoms with Crippen molar-refractivity contribution in [3.63, 3.8) is 0 Å². The molecule has 0 aliphatic heterocycles. The van der Waals surface area contributed by atoms with Gasteiger partial charge in [-0.25, -0.2) is 8.78 Å². The standard InChI is InChI=1S/C8H5Br2F2NO/c9-3-8(14)13-7-2-5(11)4(10)1-6(7)12/h1-2H,3H2,(H,13,14). The van der Waals surface area contributed by atoms with Gasteiger partial charge >= 0.3 is 0 Å². The average molecular weight is 329 g/mol. The highest BCUT2D eigenvalue weighted by Gasteiger charge is 2.09. The Morgan fingerprint density at radius 1 is 1.36 bits per heavy atom. The zero-order valence-electron chi connectivity index (χ0n) is 6.78. The smallest absolute Gasteiger partial charge is 0.235 e. The van der Waals surface area contributed by atoms with Gasteiger partial charge in [0.05, 0.1) is 15.5 Å². The number of carbonyl (C=O) groups excluding carboxylic acids is 1. The van der Waals surface area contributed by atoms with Crippen LogP contribution in [0.15, 0.2) is 16.6 Å². The van der Waals surface area contributed by atoms with Gasteiger partial charge in [0.2, 0.25) is 5.91 Å². The molecule has 1 N–H and O–H groups in total. The van der Waals surface area contributed by atoms with Gasteiger partial charge in [-0.1, -0.05) is 15.9 Å². The maximum Gasteiger partial charge on any atom is 0.235 e. The van der Waals surface area contributed by atoms with Gasteiger partial charge in [-0.15, -0.1) is 0 Å². The number of amides is 1. The summed E-state index contributed by atoms with van der Waals surface area (Å²) in [7, 11) is 0. The van der Waals surface area contributed by atoms with Gasteiger partial charge in [0, 0.05) is 6.07 Å².